The van der Waals surface area contributed by atoms with Crippen molar-refractivity contribution in [3.63, 3.8) is 0 Å². The number of ketones is 1. The quantitative estimate of drug-likeness (QED) is 0.655. The van der Waals surface area contributed by atoms with Crippen molar-refractivity contribution >= 4 is 5.78 Å². The van der Waals surface area contributed by atoms with Gasteiger partial charge in [-0.1, -0.05) is 18.9 Å². The molecule has 1 rings (SSSR count). The molecule has 0 fully saturated rings. The van der Waals surface area contributed by atoms with E-state index in [4.69, 9.17) is 5.73 Å². The van der Waals surface area contributed by atoms with Crippen LogP contribution >= 0.6 is 0 Å². The van der Waals surface area contributed by atoms with Gasteiger partial charge in [-0.25, -0.2) is 0 Å². The molecule has 0 atom stereocenters. The number of rotatable bonds is 7. The maximum atomic E-state index is 11.7. The molecule has 0 aromatic rings. The number of unbranched alkanes of at least 4 members (excludes halogenated alkanes) is 3. The minimum Gasteiger partial charge on any atom is -0.330 e. The van der Waals surface area contributed by atoms with Crippen molar-refractivity contribution in [2.75, 3.05) is 6.54 Å². The second kappa shape index (κ2) is 7.63. The van der Waals surface area contributed by atoms with E-state index in [0.717, 1.165) is 50.6 Å². The molecular weight excluding hydrogens is 186 g/mol. The van der Waals surface area contributed by atoms with Crippen molar-refractivity contribution in [2.24, 2.45) is 5.73 Å². The lowest BCUT2D eigenvalue weighted by Gasteiger charge is -2.11. The molecule has 0 aromatic heterocycles. The van der Waals surface area contributed by atoms with E-state index < -0.39 is 0 Å². The van der Waals surface area contributed by atoms with Gasteiger partial charge in [-0.15, -0.1) is 0 Å². The number of Topliss-reactive ketones (excluding diaryl/α,β-unsaturated/α-hetero) is 1. The summed E-state index contributed by atoms with van der Waals surface area (Å²) < 4.78 is 0. The van der Waals surface area contributed by atoms with Crippen LogP contribution in [0.5, 0.6) is 0 Å². The van der Waals surface area contributed by atoms with Gasteiger partial charge in [0.05, 0.1) is 0 Å². The van der Waals surface area contributed by atoms with Gasteiger partial charge in [0.25, 0.3) is 0 Å². The van der Waals surface area contributed by atoms with Gasteiger partial charge in [0, 0.05) is 6.42 Å². The molecule has 2 N–H and O–H groups in total. The number of hydrogen-bond acceptors (Lipinski definition) is 2. The number of allylic oxidation sites excluding steroid dienone is 2. The lowest BCUT2D eigenvalue weighted by atomic mass is 9.94. The van der Waals surface area contributed by atoms with Crippen LogP contribution in [-0.2, 0) is 4.79 Å². The molecule has 0 spiro atoms. The minimum absolute atomic E-state index is 0.391. The van der Waals surface area contributed by atoms with E-state index in [2.05, 4.69) is 6.08 Å². The van der Waals surface area contributed by atoms with Crippen molar-refractivity contribution in [2.45, 2.75) is 57.8 Å². The molecule has 0 saturated heterocycles. The highest BCUT2D eigenvalue weighted by atomic mass is 16.1. The van der Waals surface area contributed by atoms with Crippen LogP contribution < -0.4 is 5.73 Å². The van der Waals surface area contributed by atoms with Crippen LogP contribution in [-0.4, -0.2) is 12.3 Å². The Labute approximate surface area is 92.9 Å². The van der Waals surface area contributed by atoms with E-state index in [-0.39, 0.29) is 0 Å². The topological polar surface area (TPSA) is 43.1 Å². The minimum atomic E-state index is 0.391. The predicted molar refractivity (Wildman–Crippen MR) is 63.7 cm³/mol. The Kier molecular flexibility index (Phi) is 6.33. The molecule has 0 amide bonds. The summed E-state index contributed by atoms with van der Waals surface area (Å²) in [4.78, 5) is 11.7. The zero-order chi connectivity index (χ0) is 10.9. The van der Waals surface area contributed by atoms with Crippen molar-refractivity contribution in [3.05, 3.63) is 11.6 Å². The van der Waals surface area contributed by atoms with Crippen LogP contribution in [0.3, 0.4) is 0 Å². The molecule has 0 radical (unpaired) electrons. The number of carbonyl (C=O) groups excluding carboxylic acids is 1. The molecule has 1 aliphatic carbocycles. The monoisotopic (exact) mass is 209 g/mol. The third-order valence-corrected chi connectivity index (χ3v) is 3.01. The summed E-state index contributed by atoms with van der Waals surface area (Å²) in [5, 5.41) is 0. The average molecular weight is 209 g/mol. The first-order valence-corrected chi connectivity index (χ1v) is 6.27. The maximum absolute atomic E-state index is 11.7. The van der Waals surface area contributed by atoms with E-state index in [1.165, 1.54) is 19.3 Å². The number of carbonyl (C=O) groups is 1. The van der Waals surface area contributed by atoms with Gasteiger partial charge in [0.1, 0.15) is 0 Å². The van der Waals surface area contributed by atoms with E-state index in [1.807, 2.05) is 0 Å². The van der Waals surface area contributed by atoms with Crippen LogP contribution in [0.2, 0.25) is 0 Å². The van der Waals surface area contributed by atoms with E-state index >= 15 is 0 Å². The molecule has 0 unspecified atom stereocenters. The molecule has 0 heterocycles. The highest BCUT2D eigenvalue weighted by molar-refractivity contribution is 5.95. The molecule has 0 aromatic carbocycles. The van der Waals surface area contributed by atoms with Crippen LogP contribution in [0.25, 0.3) is 0 Å². The van der Waals surface area contributed by atoms with Crippen molar-refractivity contribution in [1.29, 1.82) is 0 Å². The Morgan fingerprint density at radius 2 is 2.00 bits per heavy atom. The SMILES string of the molecule is NCCCCCCC(=O)C1=CCCCC1. The second-order valence-corrected chi connectivity index (χ2v) is 4.35. The fraction of sp³-hybridized carbons (Fsp3) is 0.769. The summed E-state index contributed by atoms with van der Waals surface area (Å²) >= 11 is 0. The summed E-state index contributed by atoms with van der Waals surface area (Å²) in [6, 6.07) is 0. The number of nitrogens with two attached hydrogens (primary N) is 1. The van der Waals surface area contributed by atoms with Gasteiger partial charge < -0.3 is 5.73 Å². The van der Waals surface area contributed by atoms with Gasteiger partial charge in [-0.3, -0.25) is 4.79 Å². The normalized spacial score (nSPS) is 16.2. The zero-order valence-electron chi connectivity index (χ0n) is 9.63. The molecular formula is C13H23NO. The molecule has 0 bridgehead atoms. The first-order valence-electron chi connectivity index (χ1n) is 6.27. The molecule has 15 heavy (non-hydrogen) atoms. The Balaban J connectivity index is 2.10. The van der Waals surface area contributed by atoms with Gasteiger partial charge in [0.15, 0.2) is 5.78 Å². The largest absolute Gasteiger partial charge is 0.330 e. The fourth-order valence-corrected chi connectivity index (χ4v) is 2.04. The molecule has 0 aliphatic heterocycles. The van der Waals surface area contributed by atoms with Crippen LogP contribution in [0.15, 0.2) is 11.6 Å². The molecule has 2 nitrogen and oxygen atoms in total. The van der Waals surface area contributed by atoms with Gasteiger partial charge in [-0.2, -0.15) is 0 Å². The molecule has 2 heteroatoms. The first-order chi connectivity index (χ1) is 7.34. The Hall–Kier alpha value is -0.630. The Bertz CT molecular complexity index is 221. The standard InChI is InChI=1S/C13H23NO/c14-11-7-2-1-6-10-13(15)12-8-4-3-5-9-12/h8H,1-7,9-11,14H2. The third kappa shape index (κ3) is 5.12. The highest BCUT2D eigenvalue weighted by Crippen LogP contribution is 2.20. The van der Waals surface area contributed by atoms with E-state index in [1.54, 1.807) is 0 Å². The van der Waals surface area contributed by atoms with Gasteiger partial charge >= 0.3 is 0 Å². The average Bonchev–Trinajstić information content (AvgIpc) is 2.30. The van der Waals surface area contributed by atoms with E-state index in [9.17, 15) is 4.79 Å². The lowest BCUT2D eigenvalue weighted by molar-refractivity contribution is -0.115. The zero-order valence-corrected chi connectivity index (χ0v) is 9.63. The molecule has 86 valence electrons. The summed E-state index contributed by atoms with van der Waals surface area (Å²) in [5.74, 6) is 0.391. The summed E-state index contributed by atoms with van der Waals surface area (Å²) in [5.41, 5.74) is 6.51. The predicted octanol–water partition coefficient (Wildman–Crippen LogP) is 2.97. The Morgan fingerprint density at radius 1 is 1.20 bits per heavy atom. The Morgan fingerprint density at radius 3 is 2.67 bits per heavy atom. The van der Waals surface area contributed by atoms with Gasteiger partial charge in [0.2, 0.25) is 0 Å². The van der Waals surface area contributed by atoms with Crippen molar-refractivity contribution in [3.8, 4) is 0 Å². The highest BCUT2D eigenvalue weighted by Gasteiger charge is 2.11. The second-order valence-electron chi connectivity index (χ2n) is 4.35. The smallest absolute Gasteiger partial charge is 0.158 e. The molecule has 1 aliphatic rings. The van der Waals surface area contributed by atoms with Crippen LogP contribution in [0.1, 0.15) is 57.8 Å². The van der Waals surface area contributed by atoms with Gasteiger partial charge in [-0.05, 0) is 50.6 Å². The van der Waals surface area contributed by atoms with E-state index in [0.29, 0.717) is 5.78 Å². The summed E-state index contributed by atoms with van der Waals surface area (Å²) in [6.45, 7) is 0.777. The van der Waals surface area contributed by atoms with Crippen LogP contribution in [0.4, 0.5) is 0 Å². The van der Waals surface area contributed by atoms with Crippen LogP contribution in [0, 0.1) is 0 Å². The molecule has 0 saturated carbocycles. The maximum Gasteiger partial charge on any atom is 0.158 e. The third-order valence-electron chi connectivity index (χ3n) is 3.01. The number of hydrogen-bond donors (Lipinski definition) is 1. The lowest BCUT2D eigenvalue weighted by Crippen LogP contribution is -2.05. The fourth-order valence-electron chi connectivity index (χ4n) is 2.04. The first kappa shape index (κ1) is 12.4. The summed E-state index contributed by atoms with van der Waals surface area (Å²) in [7, 11) is 0. The summed E-state index contributed by atoms with van der Waals surface area (Å²) in [6.07, 6.45) is 11.9. The van der Waals surface area contributed by atoms with Crippen molar-refractivity contribution in [1.82, 2.24) is 0 Å². The van der Waals surface area contributed by atoms with Crippen molar-refractivity contribution < 1.29 is 4.79 Å².